The number of anilines is 1. The van der Waals surface area contributed by atoms with Gasteiger partial charge in [0.2, 0.25) is 0 Å². The minimum Gasteiger partial charge on any atom is -0.382 e. The van der Waals surface area contributed by atoms with E-state index in [0.717, 1.165) is 11.6 Å². The van der Waals surface area contributed by atoms with E-state index in [1.807, 2.05) is 12.1 Å². The van der Waals surface area contributed by atoms with Crippen LogP contribution in [0.5, 0.6) is 0 Å². The molecule has 0 aliphatic heterocycles. The molecular formula is C9H11ClN2. The van der Waals surface area contributed by atoms with Crippen LogP contribution in [-0.2, 0) is 0 Å². The van der Waals surface area contributed by atoms with Gasteiger partial charge >= 0.3 is 0 Å². The van der Waals surface area contributed by atoms with Crippen LogP contribution in [0, 0.1) is 5.92 Å². The van der Waals surface area contributed by atoms with Gasteiger partial charge in [0, 0.05) is 17.9 Å². The van der Waals surface area contributed by atoms with Crippen molar-refractivity contribution in [2.24, 2.45) is 5.92 Å². The highest BCUT2D eigenvalue weighted by Crippen LogP contribution is 2.32. The van der Waals surface area contributed by atoms with E-state index in [1.54, 1.807) is 6.20 Å². The average molecular weight is 183 g/mol. The maximum atomic E-state index is 5.73. The Morgan fingerprint density at radius 1 is 1.67 bits per heavy atom. The number of hydrogen-bond acceptors (Lipinski definition) is 2. The summed E-state index contributed by atoms with van der Waals surface area (Å²) in [6, 6.07) is 4.44. The van der Waals surface area contributed by atoms with Gasteiger partial charge in [-0.15, -0.1) is 0 Å². The molecule has 1 aliphatic carbocycles. The lowest BCUT2D eigenvalue weighted by molar-refractivity contribution is 0.929. The van der Waals surface area contributed by atoms with Crippen molar-refractivity contribution in [3.8, 4) is 0 Å². The summed E-state index contributed by atoms with van der Waals surface area (Å²) in [5.74, 6) is 0.803. The molecule has 3 heteroatoms. The Morgan fingerprint density at radius 3 is 3.00 bits per heavy atom. The van der Waals surface area contributed by atoms with Crippen LogP contribution in [0.4, 0.5) is 5.69 Å². The molecule has 1 fully saturated rings. The van der Waals surface area contributed by atoms with Crippen LogP contribution >= 0.6 is 11.6 Å². The van der Waals surface area contributed by atoms with Crippen LogP contribution in [0.15, 0.2) is 18.3 Å². The molecule has 2 nitrogen and oxygen atoms in total. The maximum Gasteiger partial charge on any atom is 0.131 e. The van der Waals surface area contributed by atoms with Crippen molar-refractivity contribution < 1.29 is 0 Å². The van der Waals surface area contributed by atoms with E-state index < -0.39 is 0 Å². The second kappa shape index (κ2) is 2.94. The Morgan fingerprint density at radius 2 is 2.42 bits per heavy atom. The third-order valence-corrected chi connectivity index (χ3v) is 2.39. The molecule has 1 aromatic rings. The van der Waals surface area contributed by atoms with E-state index in [1.165, 1.54) is 6.42 Å². The Balaban J connectivity index is 2.03. The molecule has 0 bridgehead atoms. The normalized spacial score (nSPS) is 26.8. The third kappa shape index (κ3) is 1.69. The quantitative estimate of drug-likeness (QED) is 0.712. The zero-order valence-corrected chi connectivity index (χ0v) is 7.67. The molecular weight excluding hydrogens is 172 g/mol. The molecule has 1 aliphatic rings. The largest absolute Gasteiger partial charge is 0.382 e. The Bertz CT molecular complexity index is 288. The van der Waals surface area contributed by atoms with Gasteiger partial charge in [-0.1, -0.05) is 18.5 Å². The number of rotatable bonds is 2. The zero-order valence-electron chi connectivity index (χ0n) is 6.92. The van der Waals surface area contributed by atoms with Crippen LogP contribution in [0.25, 0.3) is 0 Å². The third-order valence-electron chi connectivity index (χ3n) is 2.19. The molecule has 1 saturated carbocycles. The summed E-state index contributed by atoms with van der Waals surface area (Å²) in [5, 5.41) is 3.93. The molecule has 0 spiro atoms. The van der Waals surface area contributed by atoms with Crippen LogP contribution in [-0.4, -0.2) is 11.0 Å². The number of halogens is 1. The fourth-order valence-corrected chi connectivity index (χ4v) is 1.40. The molecule has 2 unspecified atom stereocenters. The van der Waals surface area contributed by atoms with E-state index in [9.17, 15) is 0 Å². The highest BCUT2D eigenvalue weighted by Gasteiger charge is 2.32. The summed E-state index contributed by atoms with van der Waals surface area (Å²) in [6.45, 7) is 2.24. The second-order valence-electron chi connectivity index (χ2n) is 3.33. The molecule has 2 atom stereocenters. The first-order chi connectivity index (χ1) is 5.75. The first-order valence-electron chi connectivity index (χ1n) is 4.14. The molecule has 0 amide bonds. The summed E-state index contributed by atoms with van der Waals surface area (Å²) in [5.41, 5.74) is 1.07. The molecule has 0 saturated heterocycles. The highest BCUT2D eigenvalue weighted by atomic mass is 35.5. The van der Waals surface area contributed by atoms with Crippen LogP contribution in [0.1, 0.15) is 13.3 Å². The van der Waals surface area contributed by atoms with Crippen LogP contribution in [0.2, 0.25) is 5.15 Å². The number of nitrogens with zero attached hydrogens (tertiary/aromatic N) is 1. The Kier molecular flexibility index (Phi) is 1.93. The fourth-order valence-electron chi connectivity index (χ4n) is 1.23. The fraction of sp³-hybridized carbons (Fsp3) is 0.444. The van der Waals surface area contributed by atoms with Crippen LogP contribution in [0.3, 0.4) is 0 Å². The lowest BCUT2D eigenvalue weighted by atomic mass is 10.4. The monoisotopic (exact) mass is 182 g/mol. The van der Waals surface area contributed by atoms with Crippen molar-refractivity contribution in [3.05, 3.63) is 23.5 Å². The average Bonchev–Trinajstić information content (AvgIpc) is 2.66. The predicted octanol–water partition coefficient (Wildman–Crippen LogP) is 2.56. The van der Waals surface area contributed by atoms with Gasteiger partial charge in [0.1, 0.15) is 5.15 Å². The SMILES string of the molecule is CC1CC1Nc1ccnc(Cl)c1. The van der Waals surface area contributed by atoms with Gasteiger partial charge < -0.3 is 5.32 Å². The van der Waals surface area contributed by atoms with Crippen molar-refractivity contribution in [2.45, 2.75) is 19.4 Å². The Hall–Kier alpha value is -0.760. The van der Waals surface area contributed by atoms with E-state index in [0.29, 0.717) is 11.2 Å². The van der Waals surface area contributed by atoms with Gasteiger partial charge in [-0.25, -0.2) is 4.98 Å². The summed E-state index contributed by atoms with van der Waals surface area (Å²) in [6.07, 6.45) is 2.98. The number of hydrogen-bond donors (Lipinski definition) is 1. The lowest BCUT2D eigenvalue weighted by Gasteiger charge is -2.03. The van der Waals surface area contributed by atoms with Crippen LogP contribution < -0.4 is 5.32 Å². The standard InChI is InChI=1S/C9H11ClN2/c1-6-4-8(6)12-7-2-3-11-9(10)5-7/h2-3,5-6,8H,4H2,1H3,(H,11,12). The Labute approximate surface area is 77.0 Å². The summed E-state index contributed by atoms with van der Waals surface area (Å²) in [4.78, 5) is 3.91. The van der Waals surface area contributed by atoms with Gasteiger partial charge in [-0.05, 0) is 24.5 Å². The van der Waals surface area contributed by atoms with Crippen molar-refractivity contribution in [1.29, 1.82) is 0 Å². The number of pyridine rings is 1. The predicted molar refractivity (Wildman–Crippen MR) is 50.4 cm³/mol. The smallest absolute Gasteiger partial charge is 0.131 e. The van der Waals surface area contributed by atoms with E-state index in [2.05, 4.69) is 17.2 Å². The van der Waals surface area contributed by atoms with E-state index in [4.69, 9.17) is 11.6 Å². The number of nitrogens with one attached hydrogen (secondary N) is 1. The highest BCUT2D eigenvalue weighted by molar-refractivity contribution is 6.29. The first-order valence-corrected chi connectivity index (χ1v) is 4.51. The van der Waals surface area contributed by atoms with Crippen molar-refractivity contribution in [2.75, 3.05) is 5.32 Å². The van der Waals surface area contributed by atoms with E-state index >= 15 is 0 Å². The number of aromatic nitrogens is 1. The molecule has 64 valence electrons. The molecule has 1 heterocycles. The minimum atomic E-state index is 0.549. The second-order valence-corrected chi connectivity index (χ2v) is 3.72. The topological polar surface area (TPSA) is 24.9 Å². The molecule has 0 radical (unpaired) electrons. The lowest BCUT2D eigenvalue weighted by Crippen LogP contribution is -2.02. The first kappa shape index (κ1) is 7.87. The van der Waals surface area contributed by atoms with Gasteiger partial charge in [-0.3, -0.25) is 0 Å². The van der Waals surface area contributed by atoms with Gasteiger partial charge in [0.25, 0.3) is 0 Å². The minimum absolute atomic E-state index is 0.549. The van der Waals surface area contributed by atoms with Gasteiger partial charge in [0.15, 0.2) is 0 Å². The molecule has 2 rings (SSSR count). The molecule has 0 aromatic carbocycles. The summed E-state index contributed by atoms with van der Waals surface area (Å²) in [7, 11) is 0. The van der Waals surface area contributed by atoms with Gasteiger partial charge in [-0.2, -0.15) is 0 Å². The molecule has 12 heavy (non-hydrogen) atoms. The van der Waals surface area contributed by atoms with Gasteiger partial charge in [0.05, 0.1) is 0 Å². The maximum absolute atomic E-state index is 5.73. The van der Waals surface area contributed by atoms with E-state index in [-0.39, 0.29) is 0 Å². The summed E-state index contributed by atoms with van der Waals surface area (Å²) < 4.78 is 0. The van der Waals surface area contributed by atoms with Crippen molar-refractivity contribution in [3.63, 3.8) is 0 Å². The van der Waals surface area contributed by atoms with Crippen molar-refractivity contribution in [1.82, 2.24) is 4.98 Å². The van der Waals surface area contributed by atoms with Crippen molar-refractivity contribution >= 4 is 17.3 Å². The molecule has 1 aromatic heterocycles. The molecule has 1 N–H and O–H groups in total. The zero-order chi connectivity index (χ0) is 8.55. The summed E-state index contributed by atoms with van der Waals surface area (Å²) >= 11 is 5.73.